The van der Waals surface area contributed by atoms with E-state index in [9.17, 15) is 4.79 Å². The van der Waals surface area contributed by atoms with Gasteiger partial charge in [0.25, 0.3) is 0 Å². The normalized spacial score (nSPS) is 32.6. The minimum atomic E-state index is -0.0648. The van der Waals surface area contributed by atoms with Crippen LogP contribution in [-0.4, -0.2) is 30.7 Å². The van der Waals surface area contributed by atoms with E-state index in [2.05, 4.69) is 0 Å². The highest BCUT2D eigenvalue weighted by molar-refractivity contribution is 5.79. The maximum atomic E-state index is 10.8. The zero-order valence-electron chi connectivity index (χ0n) is 6.04. The molecule has 0 saturated carbocycles. The quantitative estimate of drug-likeness (QED) is 0.585. The van der Waals surface area contributed by atoms with Gasteiger partial charge < -0.3 is 9.84 Å². The van der Waals surface area contributed by atoms with E-state index >= 15 is 0 Å². The molecule has 1 N–H and O–H groups in total. The molecule has 0 aromatic rings. The first-order chi connectivity index (χ1) is 4.75. The Hall–Kier alpha value is -0.410. The first-order valence-corrected chi connectivity index (χ1v) is 3.44. The molecule has 0 radical (unpaired) electrons. The van der Waals surface area contributed by atoms with Crippen LogP contribution in [0.4, 0.5) is 0 Å². The molecule has 1 aliphatic heterocycles. The molecule has 2 atom stereocenters. The predicted molar refractivity (Wildman–Crippen MR) is 35.6 cm³/mol. The number of aliphatic hydroxyl groups excluding tert-OH is 1. The molecule has 0 aromatic heterocycles. The number of rotatable bonds is 2. The van der Waals surface area contributed by atoms with Crippen molar-refractivity contribution >= 4 is 5.78 Å². The summed E-state index contributed by atoms with van der Waals surface area (Å²) in [5.41, 5.74) is 0. The molecule has 0 amide bonds. The van der Waals surface area contributed by atoms with Crippen molar-refractivity contribution in [1.29, 1.82) is 0 Å². The number of Topliss-reactive ketones (excluding diaryl/α,β-unsaturated/α-hetero) is 1. The van der Waals surface area contributed by atoms with E-state index in [1.54, 1.807) is 6.92 Å². The number of aliphatic hydroxyl groups is 1. The van der Waals surface area contributed by atoms with Gasteiger partial charge in [0.2, 0.25) is 0 Å². The summed E-state index contributed by atoms with van der Waals surface area (Å²) in [6, 6.07) is 0. The molecule has 10 heavy (non-hydrogen) atoms. The molecule has 3 nitrogen and oxygen atoms in total. The van der Waals surface area contributed by atoms with Crippen molar-refractivity contribution < 1.29 is 14.6 Å². The van der Waals surface area contributed by atoms with Gasteiger partial charge in [-0.1, -0.05) is 0 Å². The van der Waals surface area contributed by atoms with Gasteiger partial charge >= 0.3 is 0 Å². The third kappa shape index (κ3) is 1.36. The van der Waals surface area contributed by atoms with Crippen LogP contribution in [0.25, 0.3) is 0 Å². The zero-order chi connectivity index (χ0) is 7.56. The average Bonchev–Trinajstić information content (AvgIpc) is 2.33. The smallest absolute Gasteiger partial charge is 0.135 e. The van der Waals surface area contributed by atoms with Crippen molar-refractivity contribution in [3.63, 3.8) is 0 Å². The summed E-state index contributed by atoms with van der Waals surface area (Å²) in [4.78, 5) is 10.8. The molecule has 0 aliphatic carbocycles. The summed E-state index contributed by atoms with van der Waals surface area (Å²) in [6.45, 7) is 2.62. The first-order valence-electron chi connectivity index (χ1n) is 3.44. The molecule has 0 bridgehead atoms. The Bertz CT molecular complexity index is 133. The van der Waals surface area contributed by atoms with Gasteiger partial charge in [0.05, 0.1) is 13.2 Å². The van der Waals surface area contributed by atoms with Crippen molar-refractivity contribution in [2.45, 2.75) is 6.92 Å². The van der Waals surface area contributed by atoms with Gasteiger partial charge in [-0.25, -0.2) is 0 Å². The Morgan fingerprint density at radius 2 is 2.40 bits per heavy atom. The highest BCUT2D eigenvalue weighted by Crippen LogP contribution is 2.20. The maximum absolute atomic E-state index is 10.8. The number of carbonyl (C=O) groups excluding carboxylic acids is 1. The molecule has 3 heteroatoms. The fourth-order valence-corrected chi connectivity index (χ4v) is 1.23. The largest absolute Gasteiger partial charge is 0.396 e. The fourth-order valence-electron chi connectivity index (χ4n) is 1.23. The lowest BCUT2D eigenvalue weighted by Gasteiger charge is -2.09. The zero-order valence-corrected chi connectivity index (χ0v) is 6.04. The second-order valence-corrected chi connectivity index (χ2v) is 2.70. The summed E-state index contributed by atoms with van der Waals surface area (Å²) in [6.07, 6.45) is 0. The van der Waals surface area contributed by atoms with Crippen molar-refractivity contribution in [2.75, 3.05) is 19.8 Å². The van der Waals surface area contributed by atoms with E-state index in [0.29, 0.717) is 13.2 Å². The number of carbonyl (C=O) groups is 1. The standard InChI is InChI=1S/C7H12O3/c1-5(9)7-4-10-3-6(7)2-8/h6-8H,2-4H2,1H3/t6-,7+/m0/s1. The number of hydrogen-bond donors (Lipinski definition) is 1. The Morgan fingerprint density at radius 3 is 2.80 bits per heavy atom. The molecular weight excluding hydrogens is 132 g/mol. The molecule has 58 valence electrons. The van der Waals surface area contributed by atoms with Crippen molar-refractivity contribution in [3.8, 4) is 0 Å². The minimum absolute atomic E-state index is 0.0394. The van der Waals surface area contributed by atoms with E-state index in [-0.39, 0.29) is 24.2 Å². The Balaban J connectivity index is 2.50. The monoisotopic (exact) mass is 144 g/mol. The average molecular weight is 144 g/mol. The first kappa shape index (κ1) is 7.69. The number of ether oxygens (including phenoxy) is 1. The van der Waals surface area contributed by atoms with Crippen LogP contribution in [0.15, 0.2) is 0 Å². The summed E-state index contributed by atoms with van der Waals surface area (Å²) in [5, 5.41) is 8.75. The molecule has 1 aliphatic rings. The van der Waals surface area contributed by atoms with Crippen LogP contribution in [0.3, 0.4) is 0 Å². The van der Waals surface area contributed by atoms with Crippen molar-refractivity contribution in [3.05, 3.63) is 0 Å². The molecule has 1 rings (SSSR count). The topological polar surface area (TPSA) is 46.5 Å². The maximum Gasteiger partial charge on any atom is 0.135 e. The second kappa shape index (κ2) is 3.12. The molecule has 0 spiro atoms. The molecule has 0 unspecified atom stereocenters. The van der Waals surface area contributed by atoms with E-state index in [1.165, 1.54) is 0 Å². The van der Waals surface area contributed by atoms with Crippen LogP contribution >= 0.6 is 0 Å². The second-order valence-electron chi connectivity index (χ2n) is 2.70. The van der Waals surface area contributed by atoms with Gasteiger partial charge in [0.15, 0.2) is 0 Å². The van der Waals surface area contributed by atoms with Crippen LogP contribution in [0, 0.1) is 11.8 Å². The van der Waals surface area contributed by atoms with Crippen molar-refractivity contribution in [1.82, 2.24) is 0 Å². The third-order valence-electron chi connectivity index (χ3n) is 1.96. The molecular formula is C7H12O3. The molecule has 1 heterocycles. The number of ketones is 1. The van der Waals surface area contributed by atoms with E-state index < -0.39 is 0 Å². The SMILES string of the molecule is CC(=O)[C@H]1COC[C@@H]1CO. The van der Waals surface area contributed by atoms with Crippen LogP contribution in [0.2, 0.25) is 0 Å². The summed E-state index contributed by atoms with van der Waals surface area (Å²) in [5.74, 6) is 0.0963. The summed E-state index contributed by atoms with van der Waals surface area (Å²) >= 11 is 0. The highest BCUT2D eigenvalue weighted by Gasteiger charge is 2.30. The lowest BCUT2D eigenvalue weighted by Crippen LogP contribution is -2.22. The van der Waals surface area contributed by atoms with E-state index in [1.807, 2.05) is 0 Å². The van der Waals surface area contributed by atoms with Crippen LogP contribution in [0.1, 0.15) is 6.92 Å². The summed E-state index contributed by atoms with van der Waals surface area (Å²) in [7, 11) is 0. The predicted octanol–water partition coefficient (Wildman–Crippen LogP) is -0.170. The lowest BCUT2D eigenvalue weighted by atomic mass is 9.94. The minimum Gasteiger partial charge on any atom is -0.396 e. The van der Waals surface area contributed by atoms with Crippen molar-refractivity contribution in [2.24, 2.45) is 11.8 Å². The van der Waals surface area contributed by atoms with Crippen LogP contribution in [-0.2, 0) is 9.53 Å². The van der Waals surface area contributed by atoms with Gasteiger partial charge in [-0.3, -0.25) is 4.79 Å². The van der Waals surface area contributed by atoms with Gasteiger partial charge in [0.1, 0.15) is 5.78 Å². The summed E-state index contributed by atoms with van der Waals surface area (Å²) < 4.78 is 5.04. The molecule has 1 saturated heterocycles. The van der Waals surface area contributed by atoms with Crippen LogP contribution < -0.4 is 0 Å². The van der Waals surface area contributed by atoms with Gasteiger partial charge in [-0.15, -0.1) is 0 Å². The molecule has 1 fully saturated rings. The lowest BCUT2D eigenvalue weighted by molar-refractivity contribution is -0.122. The van der Waals surface area contributed by atoms with Gasteiger partial charge in [-0.2, -0.15) is 0 Å². The third-order valence-corrected chi connectivity index (χ3v) is 1.96. The van der Waals surface area contributed by atoms with Gasteiger partial charge in [-0.05, 0) is 6.92 Å². The van der Waals surface area contributed by atoms with Gasteiger partial charge in [0, 0.05) is 18.4 Å². The van der Waals surface area contributed by atoms with E-state index in [0.717, 1.165) is 0 Å². The Morgan fingerprint density at radius 1 is 1.70 bits per heavy atom. The highest BCUT2D eigenvalue weighted by atomic mass is 16.5. The molecule has 0 aromatic carbocycles. The van der Waals surface area contributed by atoms with E-state index in [4.69, 9.17) is 9.84 Å². The Labute approximate surface area is 60.0 Å². The van der Waals surface area contributed by atoms with Crippen LogP contribution in [0.5, 0.6) is 0 Å². The number of hydrogen-bond acceptors (Lipinski definition) is 3. The Kier molecular flexibility index (Phi) is 2.40. The fraction of sp³-hybridized carbons (Fsp3) is 0.857.